The number of hydrogen-bond acceptors (Lipinski definition) is 7. The lowest BCUT2D eigenvalue weighted by atomic mass is 10.1. The standard InChI is InChI=1S/C21H16FN3O6/c22-15-10-23-19(14-4-2-1-3-13(14)15)20(27)31-11-18(26)25-21(28)24-12-5-6-16-17(9-12)30-8-7-29-16/h1-6,9-10H,7-8,11H2,(H2,24,25,26,28). The van der Waals surface area contributed by atoms with E-state index < -0.39 is 30.3 Å². The normalized spacial score (nSPS) is 12.2. The highest BCUT2D eigenvalue weighted by Crippen LogP contribution is 2.32. The van der Waals surface area contributed by atoms with Crippen LogP contribution in [0, 0.1) is 5.82 Å². The number of imide groups is 1. The van der Waals surface area contributed by atoms with Crippen LogP contribution in [0.1, 0.15) is 10.5 Å². The number of benzene rings is 2. The Morgan fingerprint density at radius 1 is 1.03 bits per heavy atom. The lowest BCUT2D eigenvalue weighted by Gasteiger charge is -2.19. The van der Waals surface area contributed by atoms with Crippen molar-refractivity contribution in [1.82, 2.24) is 10.3 Å². The summed E-state index contributed by atoms with van der Waals surface area (Å²) in [5.41, 5.74) is 0.249. The smallest absolute Gasteiger partial charge is 0.358 e. The quantitative estimate of drug-likeness (QED) is 0.618. The number of aromatic nitrogens is 1. The fourth-order valence-corrected chi connectivity index (χ4v) is 2.97. The summed E-state index contributed by atoms with van der Waals surface area (Å²) in [5, 5.41) is 4.97. The lowest BCUT2D eigenvalue weighted by molar-refractivity contribution is -0.123. The lowest BCUT2D eigenvalue weighted by Crippen LogP contribution is -2.37. The highest BCUT2D eigenvalue weighted by atomic mass is 19.1. The van der Waals surface area contributed by atoms with Gasteiger partial charge in [-0.3, -0.25) is 10.1 Å². The van der Waals surface area contributed by atoms with Crippen LogP contribution >= 0.6 is 0 Å². The molecule has 2 N–H and O–H groups in total. The van der Waals surface area contributed by atoms with Gasteiger partial charge in [0.1, 0.15) is 19.0 Å². The first-order chi connectivity index (χ1) is 15.0. The largest absolute Gasteiger partial charge is 0.486 e. The molecule has 1 aliphatic heterocycles. The Labute approximate surface area is 175 Å². The molecule has 1 aromatic heterocycles. The summed E-state index contributed by atoms with van der Waals surface area (Å²) in [6, 6.07) is 10.2. The highest BCUT2D eigenvalue weighted by Gasteiger charge is 2.18. The van der Waals surface area contributed by atoms with E-state index in [-0.39, 0.29) is 16.5 Å². The van der Waals surface area contributed by atoms with Crippen molar-refractivity contribution in [2.24, 2.45) is 0 Å². The summed E-state index contributed by atoms with van der Waals surface area (Å²) in [6.45, 7) is 0.113. The predicted octanol–water partition coefficient (Wildman–Crippen LogP) is 2.65. The van der Waals surface area contributed by atoms with Crippen molar-refractivity contribution in [1.29, 1.82) is 0 Å². The zero-order valence-electron chi connectivity index (χ0n) is 16.0. The second-order valence-electron chi connectivity index (χ2n) is 6.44. The molecule has 3 amide bonds. The molecule has 0 aliphatic carbocycles. The summed E-state index contributed by atoms with van der Waals surface area (Å²) < 4.78 is 29.5. The van der Waals surface area contributed by atoms with Gasteiger partial charge in [0.2, 0.25) is 0 Å². The molecule has 0 saturated heterocycles. The van der Waals surface area contributed by atoms with Crippen LogP contribution in [-0.2, 0) is 9.53 Å². The number of fused-ring (bicyclic) bond motifs is 2. The molecule has 158 valence electrons. The van der Waals surface area contributed by atoms with E-state index in [4.69, 9.17) is 14.2 Å². The van der Waals surface area contributed by atoms with E-state index in [1.54, 1.807) is 30.3 Å². The first-order valence-electron chi connectivity index (χ1n) is 9.22. The van der Waals surface area contributed by atoms with E-state index in [0.717, 1.165) is 6.20 Å². The minimum atomic E-state index is -0.918. The Bertz CT molecular complexity index is 1180. The van der Waals surface area contributed by atoms with E-state index in [9.17, 15) is 18.8 Å². The molecule has 2 aromatic carbocycles. The summed E-state index contributed by atoms with van der Waals surface area (Å²) in [6.07, 6.45) is 0.903. The van der Waals surface area contributed by atoms with Gasteiger partial charge in [-0.1, -0.05) is 24.3 Å². The fourth-order valence-electron chi connectivity index (χ4n) is 2.97. The Morgan fingerprint density at radius 3 is 2.58 bits per heavy atom. The van der Waals surface area contributed by atoms with Crippen molar-refractivity contribution in [2.45, 2.75) is 0 Å². The molecule has 31 heavy (non-hydrogen) atoms. The van der Waals surface area contributed by atoms with Crippen molar-refractivity contribution in [2.75, 3.05) is 25.1 Å². The average molecular weight is 425 g/mol. The van der Waals surface area contributed by atoms with Crippen LogP contribution in [0.4, 0.5) is 14.9 Å². The third kappa shape index (κ3) is 4.53. The van der Waals surface area contributed by atoms with E-state index in [1.807, 2.05) is 5.32 Å². The number of hydrogen-bond donors (Lipinski definition) is 2. The fraction of sp³-hybridized carbons (Fsp3) is 0.143. The molecule has 0 radical (unpaired) electrons. The third-order valence-electron chi connectivity index (χ3n) is 4.33. The van der Waals surface area contributed by atoms with Gasteiger partial charge in [-0.15, -0.1) is 0 Å². The number of amides is 3. The number of carbonyl (C=O) groups is 3. The maximum absolute atomic E-state index is 13.8. The number of anilines is 1. The molecule has 0 saturated carbocycles. The zero-order chi connectivity index (χ0) is 21.8. The number of nitrogens with zero attached hydrogens (tertiary/aromatic N) is 1. The van der Waals surface area contributed by atoms with Gasteiger partial charge < -0.3 is 19.5 Å². The molecule has 4 rings (SSSR count). The molecular formula is C21H16FN3O6. The highest BCUT2D eigenvalue weighted by molar-refractivity contribution is 6.05. The van der Waals surface area contributed by atoms with Gasteiger partial charge in [0.05, 0.1) is 6.20 Å². The van der Waals surface area contributed by atoms with Gasteiger partial charge in [0.25, 0.3) is 5.91 Å². The number of urea groups is 1. The Balaban J connectivity index is 1.33. The van der Waals surface area contributed by atoms with Crippen molar-refractivity contribution in [3.63, 3.8) is 0 Å². The molecular weight excluding hydrogens is 409 g/mol. The van der Waals surface area contributed by atoms with Crippen LogP contribution in [0.3, 0.4) is 0 Å². The third-order valence-corrected chi connectivity index (χ3v) is 4.33. The minimum Gasteiger partial charge on any atom is -0.486 e. The number of nitrogens with one attached hydrogen (secondary N) is 2. The molecule has 10 heteroatoms. The number of pyridine rings is 1. The average Bonchev–Trinajstić information content (AvgIpc) is 2.78. The van der Waals surface area contributed by atoms with Gasteiger partial charge in [0, 0.05) is 22.5 Å². The minimum absolute atomic E-state index is 0.134. The van der Waals surface area contributed by atoms with Gasteiger partial charge in [-0.25, -0.2) is 19.0 Å². The first kappa shape index (κ1) is 20.1. The first-order valence-corrected chi connectivity index (χ1v) is 9.22. The molecule has 0 fully saturated rings. The number of esters is 1. The number of carbonyl (C=O) groups excluding carboxylic acids is 3. The molecule has 3 aromatic rings. The van der Waals surface area contributed by atoms with Gasteiger partial charge >= 0.3 is 12.0 Å². The molecule has 1 aliphatic rings. The van der Waals surface area contributed by atoms with E-state index in [1.165, 1.54) is 12.1 Å². The summed E-state index contributed by atoms with van der Waals surface area (Å²) in [5.74, 6) is -1.32. The summed E-state index contributed by atoms with van der Waals surface area (Å²) in [7, 11) is 0. The van der Waals surface area contributed by atoms with Crippen LogP contribution in [-0.4, -0.2) is 42.7 Å². The number of halogens is 1. The summed E-state index contributed by atoms with van der Waals surface area (Å²) in [4.78, 5) is 40.0. The van der Waals surface area contributed by atoms with Gasteiger partial charge in [-0.2, -0.15) is 0 Å². The molecule has 0 atom stereocenters. The zero-order valence-corrected chi connectivity index (χ0v) is 16.0. The Kier molecular flexibility index (Phi) is 5.61. The van der Waals surface area contributed by atoms with Crippen molar-refractivity contribution < 1.29 is 33.0 Å². The van der Waals surface area contributed by atoms with Gasteiger partial charge in [0.15, 0.2) is 23.8 Å². The SMILES string of the molecule is O=C(COC(=O)c1ncc(F)c2ccccc12)NC(=O)Nc1ccc2c(c1)OCCO2. The molecule has 2 heterocycles. The van der Waals surface area contributed by atoms with Crippen LogP contribution in [0.25, 0.3) is 10.8 Å². The predicted molar refractivity (Wildman–Crippen MR) is 107 cm³/mol. The maximum Gasteiger partial charge on any atom is 0.358 e. The van der Waals surface area contributed by atoms with Crippen molar-refractivity contribution >= 4 is 34.4 Å². The number of rotatable bonds is 4. The second kappa shape index (κ2) is 8.66. The number of ether oxygens (including phenoxy) is 3. The van der Waals surface area contributed by atoms with E-state index >= 15 is 0 Å². The van der Waals surface area contributed by atoms with Crippen molar-refractivity contribution in [3.05, 3.63) is 60.2 Å². The van der Waals surface area contributed by atoms with E-state index in [2.05, 4.69) is 10.3 Å². The van der Waals surface area contributed by atoms with Crippen LogP contribution in [0.2, 0.25) is 0 Å². The topological polar surface area (TPSA) is 116 Å². The molecule has 0 unspecified atom stereocenters. The van der Waals surface area contributed by atoms with E-state index in [0.29, 0.717) is 30.4 Å². The van der Waals surface area contributed by atoms with Crippen LogP contribution < -0.4 is 20.1 Å². The van der Waals surface area contributed by atoms with Crippen LogP contribution in [0.5, 0.6) is 11.5 Å². The van der Waals surface area contributed by atoms with Crippen LogP contribution in [0.15, 0.2) is 48.7 Å². The maximum atomic E-state index is 13.8. The molecule has 0 bridgehead atoms. The molecule has 9 nitrogen and oxygen atoms in total. The molecule has 0 spiro atoms. The second-order valence-corrected chi connectivity index (χ2v) is 6.44. The Hall–Kier alpha value is -4.21. The Morgan fingerprint density at radius 2 is 1.77 bits per heavy atom. The van der Waals surface area contributed by atoms with Gasteiger partial charge in [-0.05, 0) is 12.1 Å². The summed E-state index contributed by atoms with van der Waals surface area (Å²) >= 11 is 0. The van der Waals surface area contributed by atoms with Crippen molar-refractivity contribution in [3.8, 4) is 11.5 Å². The monoisotopic (exact) mass is 425 g/mol.